The number of halogens is 6. The van der Waals surface area contributed by atoms with E-state index >= 15 is 0 Å². The third kappa shape index (κ3) is 6.21. The average Bonchev–Trinajstić information content (AvgIpc) is 1.56. The Kier molecular flexibility index (Phi) is 8.96. The molecule has 0 aliphatic heterocycles. The molecule has 0 spiro atoms. The third-order valence-corrected chi connectivity index (χ3v) is 6.54. The minimum atomic E-state index is -2.90. The van der Waals surface area contributed by atoms with Crippen molar-refractivity contribution in [3.63, 3.8) is 0 Å². The molecule has 0 bridgehead atoms. The van der Waals surface area contributed by atoms with Gasteiger partial charge in [-0.25, -0.2) is 0 Å². The van der Waals surface area contributed by atoms with Crippen molar-refractivity contribution in [3.05, 3.63) is 0 Å². The van der Waals surface area contributed by atoms with Gasteiger partial charge < -0.3 is 0 Å². The van der Waals surface area contributed by atoms with Crippen molar-refractivity contribution in [2.24, 2.45) is 0 Å². The topological polar surface area (TPSA) is 0 Å². The third-order valence-electron chi connectivity index (χ3n) is 1.20. The van der Waals surface area contributed by atoms with Crippen molar-refractivity contribution in [1.82, 2.24) is 0 Å². The molecule has 0 amide bonds. The molecule has 0 rings (SSSR count). The summed E-state index contributed by atoms with van der Waals surface area (Å²) in [6.45, 7) is 1.82. The second kappa shape index (κ2) is 6.30. The number of rotatable bonds is 2. The van der Waals surface area contributed by atoms with Crippen molar-refractivity contribution in [1.29, 1.82) is 0 Å². The summed E-state index contributed by atoms with van der Waals surface area (Å²) in [6, 6.07) is -2.90. The van der Waals surface area contributed by atoms with Gasteiger partial charge in [-0.1, -0.05) is 41.7 Å². The Hall–Kier alpha value is 2.67. The minimum absolute atomic E-state index is 0. The SMILES string of the molecule is CCC(C(Cl)(Cl)Cl)[Si](Cl)(Cl)Cl.[Ti]. The van der Waals surface area contributed by atoms with Crippen LogP contribution in [0.15, 0.2) is 0 Å². The molecule has 0 nitrogen and oxygen atoms in total. The quantitative estimate of drug-likeness (QED) is 0.384. The maximum absolute atomic E-state index is 5.70. The van der Waals surface area contributed by atoms with Gasteiger partial charge in [-0.3, -0.25) is 0 Å². The molecular weight excluding hydrogens is 337 g/mol. The predicted molar refractivity (Wildman–Crippen MR) is 57.6 cm³/mol. The summed E-state index contributed by atoms with van der Waals surface area (Å²) in [4.78, 5) is 0. The zero-order chi connectivity index (χ0) is 9.28. The van der Waals surface area contributed by atoms with Crippen LogP contribution >= 0.6 is 68.0 Å². The Morgan fingerprint density at radius 2 is 1.50 bits per heavy atom. The molecule has 8 heteroatoms. The van der Waals surface area contributed by atoms with Gasteiger partial charge in [0.25, 0.3) is 0 Å². The van der Waals surface area contributed by atoms with Crippen LogP contribution < -0.4 is 0 Å². The first-order valence-corrected chi connectivity index (χ1v) is 9.07. The minimum Gasteiger partial charge on any atom is -0.126 e. The number of hydrogen-bond acceptors (Lipinski definition) is 0. The molecular formula is C4H6Cl6SiTi. The van der Waals surface area contributed by atoms with E-state index < -0.39 is 15.3 Å². The van der Waals surface area contributed by atoms with Crippen molar-refractivity contribution in [2.45, 2.75) is 22.7 Å². The molecule has 12 heavy (non-hydrogen) atoms. The van der Waals surface area contributed by atoms with E-state index in [4.69, 9.17) is 68.0 Å². The molecule has 0 aromatic rings. The summed E-state index contributed by atoms with van der Waals surface area (Å²) >= 11 is 33.9. The van der Waals surface area contributed by atoms with Gasteiger partial charge in [0.2, 0.25) is 0 Å². The normalized spacial score (nSPS) is 15.2. The van der Waals surface area contributed by atoms with Crippen molar-refractivity contribution in [2.75, 3.05) is 0 Å². The largest absolute Gasteiger partial charge is 0.348 e. The van der Waals surface area contributed by atoms with E-state index in [1.54, 1.807) is 0 Å². The molecule has 0 fully saturated rings. The second-order valence-corrected chi connectivity index (χ2v) is 13.3. The summed E-state index contributed by atoms with van der Waals surface area (Å²) in [5.74, 6) is 0. The van der Waals surface area contributed by atoms with Crippen LogP contribution in [-0.2, 0) is 21.7 Å². The van der Waals surface area contributed by atoms with Crippen molar-refractivity contribution < 1.29 is 21.7 Å². The van der Waals surface area contributed by atoms with Crippen LogP contribution in [0.25, 0.3) is 0 Å². The fourth-order valence-corrected chi connectivity index (χ4v) is 7.79. The van der Waals surface area contributed by atoms with E-state index in [1.165, 1.54) is 0 Å². The smallest absolute Gasteiger partial charge is 0.126 e. The summed E-state index contributed by atoms with van der Waals surface area (Å²) in [6.07, 6.45) is 0.555. The van der Waals surface area contributed by atoms with Crippen LogP contribution in [0.5, 0.6) is 0 Å². The van der Waals surface area contributed by atoms with E-state index in [9.17, 15) is 0 Å². The summed E-state index contributed by atoms with van der Waals surface area (Å²) in [5, 5.41) is 0. The fourth-order valence-electron chi connectivity index (χ4n) is 0.648. The molecule has 0 aromatic heterocycles. The number of hydrogen-bond donors (Lipinski definition) is 0. The van der Waals surface area contributed by atoms with E-state index in [2.05, 4.69) is 0 Å². The second-order valence-electron chi connectivity index (χ2n) is 2.04. The molecule has 1 unspecified atom stereocenters. The first-order chi connectivity index (χ1) is 4.69. The van der Waals surface area contributed by atoms with Gasteiger partial charge in [-0.2, -0.15) is 0 Å². The van der Waals surface area contributed by atoms with Crippen LogP contribution in [0.3, 0.4) is 0 Å². The van der Waals surface area contributed by atoms with Gasteiger partial charge >= 0.3 is 6.00 Å². The molecule has 1 atom stereocenters. The zero-order valence-corrected chi connectivity index (χ0v) is 13.1. The summed E-state index contributed by atoms with van der Waals surface area (Å²) in [7, 11) is 0. The molecule has 0 radical (unpaired) electrons. The van der Waals surface area contributed by atoms with Crippen LogP contribution in [0, 0.1) is 0 Å². The Balaban J connectivity index is 0. The molecule has 0 aliphatic carbocycles. The van der Waals surface area contributed by atoms with E-state index in [0.717, 1.165) is 0 Å². The fraction of sp³-hybridized carbons (Fsp3) is 1.00. The first-order valence-electron chi connectivity index (χ1n) is 2.83. The van der Waals surface area contributed by atoms with E-state index in [0.29, 0.717) is 6.42 Å². The zero-order valence-electron chi connectivity index (χ0n) is 6.05. The molecule has 0 N–H and O–H groups in total. The van der Waals surface area contributed by atoms with Gasteiger partial charge in [-0.05, 0) is 6.42 Å². The predicted octanol–water partition coefficient (Wildman–Crippen LogP) is 4.79. The summed E-state index contributed by atoms with van der Waals surface area (Å²) < 4.78 is -1.47. The van der Waals surface area contributed by atoms with Crippen molar-refractivity contribution >= 4 is 74.0 Å². The maximum Gasteiger partial charge on any atom is 0.348 e. The van der Waals surface area contributed by atoms with Crippen molar-refractivity contribution in [3.8, 4) is 0 Å². The molecule has 0 saturated carbocycles. The molecule has 0 saturated heterocycles. The summed E-state index contributed by atoms with van der Waals surface area (Å²) in [5.41, 5.74) is -0.454. The Morgan fingerprint density at radius 1 is 1.17 bits per heavy atom. The maximum atomic E-state index is 5.70. The Labute approximate surface area is 117 Å². The van der Waals surface area contributed by atoms with Gasteiger partial charge in [-0.15, -0.1) is 33.2 Å². The molecule has 72 valence electrons. The van der Waals surface area contributed by atoms with Crippen LogP contribution in [0.1, 0.15) is 13.3 Å². The van der Waals surface area contributed by atoms with Crippen LogP contribution in [-0.4, -0.2) is 9.80 Å². The number of alkyl halides is 3. The Morgan fingerprint density at radius 3 is 1.50 bits per heavy atom. The van der Waals surface area contributed by atoms with Gasteiger partial charge in [0.15, 0.2) is 3.79 Å². The molecule has 0 heterocycles. The average molecular weight is 343 g/mol. The van der Waals surface area contributed by atoms with E-state index in [1.807, 2.05) is 6.92 Å². The van der Waals surface area contributed by atoms with Gasteiger partial charge in [0.05, 0.1) is 0 Å². The van der Waals surface area contributed by atoms with Crippen LogP contribution in [0.2, 0.25) is 5.54 Å². The monoisotopic (exact) mass is 340 g/mol. The van der Waals surface area contributed by atoms with Crippen LogP contribution in [0.4, 0.5) is 0 Å². The first kappa shape index (κ1) is 17.1. The van der Waals surface area contributed by atoms with E-state index in [-0.39, 0.29) is 21.7 Å². The Bertz CT molecular complexity index is 114. The van der Waals surface area contributed by atoms with Gasteiger partial charge in [0, 0.05) is 27.3 Å². The molecule has 0 aromatic carbocycles. The molecule has 0 aliphatic rings. The standard InChI is InChI=1S/C4H6Cl6Si.Ti/c1-2-3(4(5,6)7)11(8,9)10;/h3H,2H2,1H3;. The van der Waals surface area contributed by atoms with Gasteiger partial charge in [0.1, 0.15) is 0 Å².